The van der Waals surface area contributed by atoms with Crippen LogP contribution in [-0.2, 0) is 16.0 Å². The number of amides is 2. The molecule has 6 rings (SSSR count). The normalized spacial score (nSPS) is 26.4. The minimum absolute atomic E-state index is 0.0975. The van der Waals surface area contributed by atoms with Gasteiger partial charge in [0.1, 0.15) is 12.1 Å². The molecule has 0 bridgehead atoms. The predicted molar refractivity (Wildman–Crippen MR) is 106 cm³/mol. The Balaban J connectivity index is 1.60. The molecule has 2 fully saturated rings. The number of hydrogen-bond acceptors (Lipinski definition) is 2. The number of piperazine rings is 1. The molecule has 2 amide bonds. The van der Waals surface area contributed by atoms with Gasteiger partial charge in [0.25, 0.3) is 0 Å². The molecule has 0 unspecified atom stereocenters. The third-order valence-electron chi connectivity index (χ3n) is 6.61. The standard InChI is InChI=1S/C23H21N3O2/c27-22-19-13-16-15-9-4-5-10-17(15)24-20(16)21(14-7-2-1-3-8-14)26(19)23(28)18-11-6-12-25(18)22/h1-5,7-10,18-19,21,24H,6,11-13H2/t18-,19-,21+/m0/s1. The van der Waals surface area contributed by atoms with E-state index in [-0.39, 0.29) is 23.9 Å². The van der Waals surface area contributed by atoms with Gasteiger partial charge in [0.2, 0.25) is 11.8 Å². The predicted octanol–water partition coefficient (Wildman–Crippen LogP) is 3.02. The monoisotopic (exact) mass is 371 g/mol. The van der Waals surface area contributed by atoms with E-state index in [2.05, 4.69) is 29.2 Å². The molecular weight excluding hydrogens is 350 g/mol. The fraction of sp³-hybridized carbons (Fsp3) is 0.304. The molecule has 1 N–H and O–H groups in total. The second-order valence-corrected chi connectivity index (χ2v) is 8.03. The first-order chi connectivity index (χ1) is 13.7. The Morgan fingerprint density at radius 2 is 1.68 bits per heavy atom. The van der Waals surface area contributed by atoms with Gasteiger partial charge in [0.15, 0.2) is 0 Å². The van der Waals surface area contributed by atoms with E-state index in [1.807, 2.05) is 40.1 Å². The van der Waals surface area contributed by atoms with Crippen molar-refractivity contribution in [1.82, 2.24) is 14.8 Å². The second-order valence-electron chi connectivity index (χ2n) is 8.03. The molecule has 0 aliphatic carbocycles. The van der Waals surface area contributed by atoms with Crippen LogP contribution in [0.25, 0.3) is 10.9 Å². The number of aromatic nitrogens is 1. The number of carbonyl (C=O) groups excluding carboxylic acids is 2. The highest BCUT2D eigenvalue weighted by Crippen LogP contribution is 2.44. The summed E-state index contributed by atoms with van der Waals surface area (Å²) in [6.07, 6.45) is 2.26. The molecule has 28 heavy (non-hydrogen) atoms. The van der Waals surface area contributed by atoms with Crippen molar-refractivity contribution in [2.45, 2.75) is 37.4 Å². The molecule has 3 aliphatic rings. The number of H-pyrrole nitrogens is 1. The maximum Gasteiger partial charge on any atom is 0.246 e. The van der Waals surface area contributed by atoms with Gasteiger partial charge in [0, 0.05) is 29.6 Å². The first kappa shape index (κ1) is 15.9. The van der Waals surface area contributed by atoms with Gasteiger partial charge in [-0.15, -0.1) is 0 Å². The fourth-order valence-corrected chi connectivity index (χ4v) is 5.39. The van der Waals surface area contributed by atoms with Crippen LogP contribution in [0, 0.1) is 0 Å². The summed E-state index contributed by atoms with van der Waals surface area (Å²) < 4.78 is 0. The van der Waals surface area contributed by atoms with E-state index < -0.39 is 6.04 Å². The zero-order chi connectivity index (χ0) is 18.8. The van der Waals surface area contributed by atoms with Gasteiger partial charge in [-0.1, -0.05) is 48.5 Å². The van der Waals surface area contributed by atoms with Gasteiger partial charge in [-0.25, -0.2) is 0 Å². The highest BCUT2D eigenvalue weighted by molar-refractivity contribution is 5.99. The average Bonchev–Trinajstić information content (AvgIpc) is 3.36. The molecule has 3 aromatic rings. The van der Waals surface area contributed by atoms with Crippen LogP contribution in [0.1, 0.15) is 35.7 Å². The Morgan fingerprint density at radius 1 is 0.893 bits per heavy atom. The van der Waals surface area contributed by atoms with Crippen molar-refractivity contribution in [3.05, 3.63) is 71.4 Å². The summed E-state index contributed by atoms with van der Waals surface area (Å²) in [5, 5.41) is 1.15. The molecule has 5 heteroatoms. The third-order valence-corrected chi connectivity index (χ3v) is 6.61. The Morgan fingerprint density at radius 3 is 2.54 bits per heavy atom. The van der Waals surface area contributed by atoms with E-state index in [4.69, 9.17) is 0 Å². The lowest BCUT2D eigenvalue weighted by Gasteiger charge is -2.48. The van der Waals surface area contributed by atoms with E-state index in [1.165, 1.54) is 5.56 Å². The second kappa shape index (κ2) is 5.71. The van der Waals surface area contributed by atoms with Crippen molar-refractivity contribution < 1.29 is 9.59 Å². The summed E-state index contributed by atoms with van der Waals surface area (Å²) in [7, 11) is 0. The van der Waals surface area contributed by atoms with Crippen molar-refractivity contribution in [3.63, 3.8) is 0 Å². The lowest BCUT2D eigenvalue weighted by molar-refractivity contribution is -0.162. The number of carbonyl (C=O) groups is 2. The summed E-state index contributed by atoms with van der Waals surface area (Å²) in [5.74, 6) is 0.208. The molecule has 0 saturated carbocycles. The molecule has 0 spiro atoms. The van der Waals surface area contributed by atoms with E-state index in [0.29, 0.717) is 13.0 Å². The minimum atomic E-state index is -0.418. The Bertz CT molecular complexity index is 1100. The smallest absolute Gasteiger partial charge is 0.246 e. The zero-order valence-corrected chi connectivity index (χ0v) is 15.5. The minimum Gasteiger partial charge on any atom is -0.356 e. The topological polar surface area (TPSA) is 56.4 Å². The lowest BCUT2D eigenvalue weighted by atomic mass is 9.85. The number of hydrogen-bond donors (Lipinski definition) is 1. The highest BCUT2D eigenvalue weighted by atomic mass is 16.2. The molecule has 4 heterocycles. The summed E-state index contributed by atoms with van der Waals surface area (Å²) >= 11 is 0. The van der Waals surface area contributed by atoms with Crippen LogP contribution in [0.5, 0.6) is 0 Å². The molecule has 140 valence electrons. The van der Waals surface area contributed by atoms with E-state index in [1.54, 1.807) is 0 Å². The molecule has 3 aliphatic heterocycles. The lowest BCUT2D eigenvalue weighted by Crippen LogP contribution is -2.65. The fourth-order valence-electron chi connectivity index (χ4n) is 5.39. The number of para-hydroxylation sites is 1. The van der Waals surface area contributed by atoms with Crippen LogP contribution in [0.4, 0.5) is 0 Å². The zero-order valence-electron chi connectivity index (χ0n) is 15.5. The number of aromatic amines is 1. The maximum atomic E-state index is 13.5. The molecule has 2 saturated heterocycles. The molecule has 2 aromatic carbocycles. The number of fused-ring (bicyclic) bond motifs is 5. The van der Waals surface area contributed by atoms with Gasteiger partial charge in [-0.2, -0.15) is 0 Å². The number of nitrogens with one attached hydrogen (secondary N) is 1. The quantitative estimate of drug-likeness (QED) is 0.715. The Hall–Kier alpha value is -3.08. The van der Waals surface area contributed by atoms with Crippen LogP contribution in [-0.4, -0.2) is 45.2 Å². The molecule has 5 nitrogen and oxygen atoms in total. The van der Waals surface area contributed by atoms with Gasteiger partial charge < -0.3 is 14.8 Å². The first-order valence-corrected chi connectivity index (χ1v) is 10.0. The summed E-state index contributed by atoms with van der Waals surface area (Å²) in [6, 6.07) is 17.4. The first-order valence-electron chi connectivity index (χ1n) is 10.0. The summed E-state index contributed by atoms with van der Waals surface area (Å²) in [6.45, 7) is 0.705. The summed E-state index contributed by atoms with van der Waals surface area (Å²) in [5.41, 5.74) is 4.34. The van der Waals surface area contributed by atoms with Crippen LogP contribution in [0.15, 0.2) is 54.6 Å². The Labute approximate surface area is 162 Å². The molecular formula is C23H21N3O2. The van der Waals surface area contributed by atoms with Crippen molar-refractivity contribution in [2.24, 2.45) is 0 Å². The largest absolute Gasteiger partial charge is 0.356 e. The van der Waals surface area contributed by atoms with Crippen LogP contribution in [0.2, 0.25) is 0 Å². The van der Waals surface area contributed by atoms with Gasteiger partial charge in [-0.05, 0) is 30.0 Å². The molecule has 0 radical (unpaired) electrons. The number of nitrogens with zero attached hydrogens (tertiary/aromatic N) is 2. The molecule has 3 atom stereocenters. The van der Waals surface area contributed by atoms with Crippen molar-refractivity contribution in [1.29, 1.82) is 0 Å². The van der Waals surface area contributed by atoms with Crippen LogP contribution >= 0.6 is 0 Å². The van der Waals surface area contributed by atoms with Gasteiger partial charge in [-0.3, -0.25) is 9.59 Å². The van der Waals surface area contributed by atoms with Gasteiger partial charge >= 0.3 is 0 Å². The highest BCUT2D eigenvalue weighted by Gasteiger charge is 2.53. The maximum absolute atomic E-state index is 13.5. The Kier molecular flexibility index (Phi) is 3.25. The van der Waals surface area contributed by atoms with E-state index in [9.17, 15) is 9.59 Å². The van der Waals surface area contributed by atoms with Crippen molar-refractivity contribution in [3.8, 4) is 0 Å². The molecule has 1 aromatic heterocycles. The average molecular weight is 371 g/mol. The summed E-state index contributed by atoms with van der Waals surface area (Å²) in [4.78, 5) is 34.1. The van der Waals surface area contributed by atoms with Crippen molar-refractivity contribution in [2.75, 3.05) is 6.54 Å². The third kappa shape index (κ3) is 2.02. The van der Waals surface area contributed by atoms with Gasteiger partial charge in [0.05, 0.1) is 6.04 Å². The van der Waals surface area contributed by atoms with E-state index >= 15 is 0 Å². The SMILES string of the molecule is O=C1[C@@H]2Cc3c([nH]c4ccccc34)[C@@H](c3ccccc3)N2C(=O)[C@@H]2CCCN12. The number of rotatable bonds is 1. The van der Waals surface area contributed by atoms with Crippen LogP contribution in [0.3, 0.4) is 0 Å². The van der Waals surface area contributed by atoms with Crippen LogP contribution < -0.4 is 0 Å². The van der Waals surface area contributed by atoms with E-state index in [0.717, 1.165) is 35.0 Å². The number of benzene rings is 2. The van der Waals surface area contributed by atoms with Crippen molar-refractivity contribution >= 4 is 22.7 Å².